The van der Waals surface area contributed by atoms with E-state index in [2.05, 4.69) is 6.58 Å². The van der Waals surface area contributed by atoms with E-state index in [1.54, 1.807) is 18.2 Å². The predicted molar refractivity (Wildman–Crippen MR) is 53.2 cm³/mol. The van der Waals surface area contributed by atoms with Gasteiger partial charge in [0.2, 0.25) is 0 Å². The first-order valence-corrected chi connectivity index (χ1v) is 4.21. The summed E-state index contributed by atoms with van der Waals surface area (Å²) in [6.45, 7) is 3.49. The third-order valence-electron chi connectivity index (χ3n) is 1.75. The van der Waals surface area contributed by atoms with Crippen LogP contribution in [0.5, 0.6) is 5.75 Å². The van der Waals surface area contributed by atoms with Crippen molar-refractivity contribution in [1.29, 1.82) is 0 Å². The molecule has 70 valence electrons. The molecule has 1 aromatic rings. The molecule has 1 atom stereocenters. The molecular weight excluding hydrogens is 188 g/mol. The Morgan fingerprint density at radius 2 is 2.31 bits per heavy atom. The summed E-state index contributed by atoms with van der Waals surface area (Å²) in [5, 5.41) is 10.0. The van der Waals surface area contributed by atoms with E-state index in [0.29, 0.717) is 16.3 Å². The number of methoxy groups -OCH3 is 1. The van der Waals surface area contributed by atoms with E-state index in [0.717, 1.165) is 0 Å². The molecule has 13 heavy (non-hydrogen) atoms. The number of ether oxygens (including phenoxy) is 1. The van der Waals surface area contributed by atoms with Crippen LogP contribution in [0.1, 0.15) is 11.7 Å². The molecule has 0 saturated carbocycles. The molecule has 0 bridgehead atoms. The van der Waals surface area contributed by atoms with Crippen LogP contribution in [-0.2, 0) is 0 Å². The summed E-state index contributed by atoms with van der Waals surface area (Å²) < 4.78 is 5.06. The van der Waals surface area contributed by atoms with Gasteiger partial charge in [0.15, 0.2) is 0 Å². The molecule has 0 aliphatic rings. The van der Waals surface area contributed by atoms with Crippen molar-refractivity contribution >= 4 is 11.6 Å². The second-order valence-electron chi connectivity index (χ2n) is 2.54. The average Bonchev–Trinajstić information content (AvgIpc) is 2.16. The van der Waals surface area contributed by atoms with Gasteiger partial charge < -0.3 is 9.84 Å². The van der Waals surface area contributed by atoms with Crippen molar-refractivity contribution in [2.75, 3.05) is 7.11 Å². The van der Waals surface area contributed by atoms with E-state index >= 15 is 0 Å². The molecule has 0 fully saturated rings. The molecule has 0 radical (unpaired) electrons. The minimum atomic E-state index is -0.788. The molecule has 1 aromatic carbocycles. The minimum Gasteiger partial charge on any atom is -0.496 e. The van der Waals surface area contributed by atoms with Crippen molar-refractivity contribution in [3.8, 4) is 5.75 Å². The molecule has 0 amide bonds. The van der Waals surface area contributed by atoms with Gasteiger partial charge in [0.05, 0.1) is 12.1 Å². The first-order chi connectivity index (χ1) is 6.20. The van der Waals surface area contributed by atoms with Gasteiger partial charge in [-0.2, -0.15) is 0 Å². The second-order valence-corrected chi connectivity index (χ2v) is 2.94. The third kappa shape index (κ3) is 2.02. The lowest BCUT2D eigenvalue weighted by Crippen LogP contribution is -1.98. The average molecular weight is 199 g/mol. The van der Waals surface area contributed by atoms with E-state index in [9.17, 15) is 5.11 Å². The van der Waals surface area contributed by atoms with Gasteiger partial charge in [0.1, 0.15) is 11.9 Å². The Bertz CT molecular complexity index is 310. The highest BCUT2D eigenvalue weighted by atomic mass is 35.5. The maximum atomic E-state index is 9.54. The van der Waals surface area contributed by atoms with Gasteiger partial charge in [-0.05, 0) is 12.1 Å². The highest BCUT2D eigenvalue weighted by Gasteiger charge is 2.13. The van der Waals surface area contributed by atoms with Crippen molar-refractivity contribution < 1.29 is 9.84 Å². The molecule has 0 aliphatic carbocycles. The highest BCUT2D eigenvalue weighted by molar-refractivity contribution is 6.31. The SMILES string of the molecule is C=CC(O)c1c(Cl)cccc1OC. The molecule has 1 rings (SSSR count). The molecule has 0 heterocycles. The van der Waals surface area contributed by atoms with Gasteiger partial charge >= 0.3 is 0 Å². The number of benzene rings is 1. The summed E-state index contributed by atoms with van der Waals surface area (Å²) in [6, 6.07) is 5.21. The highest BCUT2D eigenvalue weighted by Crippen LogP contribution is 2.32. The minimum absolute atomic E-state index is 0.478. The van der Waals surface area contributed by atoms with Gasteiger partial charge in [-0.25, -0.2) is 0 Å². The molecule has 0 aliphatic heterocycles. The zero-order valence-electron chi connectivity index (χ0n) is 7.33. The van der Waals surface area contributed by atoms with E-state index in [1.165, 1.54) is 13.2 Å². The van der Waals surface area contributed by atoms with Crippen LogP contribution in [-0.4, -0.2) is 12.2 Å². The maximum absolute atomic E-state index is 9.54. The van der Waals surface area contributed by atoms with Crippen LogP contribution in [0.15, 0.2) is 30.9 Å². The van der Waals surface area contributed by atoms with Gasteiger partial charge in [-0.1, -0.05) is 23.7 Å². The van der Waals surface area contributed by atoms with E-state index in [1.807, 2.05) is 0 Å². The Morgan fingerprint density at radius 3 is 2.85 bits per heavy atom. The molecule has 0 aromatic heterocycles. The van der Waals surface area contributed by atoms with E-state index in [-0.39, 0.29) is 0 Å². The van der Waals surface area contributed by atoms with Gasteiger partial charge in [-0.3, -0.25) is 0 Å². The van der Waals surface area contributed by atoms with Crippen molar-refractivity contribution in [2.45, 2.75) is 6.10 Å². The van der Waals surface area contributed by atoms with E-state index < -0.39 is 6.10 Å². The smallest absolute Gasteiger partial charge is 0.126 e. The number of rotatable bonds is 3. The zero-order valence-corrected chi connectivity index (χ0v) is 8.08. The fourth-order valence-corrected chi connectivity index (χ4v) is 1.38. The lowest BCUT2D eigenvalue weighted by Gasteiger charge is -2.12. The Labute approximate surface area is 82.4 Å². The Kier molecular flexibility index (Phi) is 3.34. The lowest BCUT2D eigenvalue weighted by atomic mass is 10.1. The zero-order chi connectivity index (χ0) is 9.84. The standard InChI is InChI=1S/C10H11ClO2/c1-3-8(12)10-7(11)5-4-6-9(10)13-2/h3-6,8,12H,1H2,2H3. The van der Waals surface area contributed by atoms with E-state index in [4.69, 9.17) is 16.3 Å². The summed E-state index contributed by atoms with van der Waals surface area (Å²) in [7, 11) is 1.53. The van der Waals surface area contributed by atoms with Crippen LogP contribution in [0.2, 0.25) is 5.02 Å². The van der Waals surface area contributed by atoms with Crippen molar-refractivity contribution in [3.63, 3.8) is 0 Å². The van der Waals surface area contributed by atoms with Crippen LogP contribution in [0.3, 0.4) is 0 Å². The maximum Gasteiger partial charge on any atom is 0.126 e. The van der Waals surface area contributed by atoms with Gasteiger partial charge in [-0.15, -0.1) is 6.58 Å². The molecule has 3 heteroatoms. The number of halogens is 1. The summed E-state index contributed by atoms with van der Waals surface area (Å²) in [5.41, 5.74) is 0.557. The fourth-order valence-electron chi connectivity index (χ4n) is 1.10. The molecule has 0 saturated heterocycles. The lowest BCUT2D eigenvalue weighted by molar-refractivity contribution is 0.223. The fraction of sp³-hybridized carbons (Fsp3) is 0.200. The first-order valence-electron chi connectivity index (χ1n) is 3.83. The molecule has 0 spiro atoms. The van der Waals surface area contributed by atoms with Crippen molar-refractivity contribution in [2.24, 2.45) is 0 Å². The Balaban J connectivity index is 3.22. The Morgan fingerprint density at radius 1 is 1.62 bits per heavy atom. The van der Waals surface area contributed by atoms with Gasteiger partial charge in [0, 0.05) is 5.56 Å². The number of hydrogen-bond donors (Lipinski definition) is 1. The monoisotopic (exact) mass is 198 g/mol. The quantitative estimate of drug-likeness (QED) is 0.757. The summed E-state index contributed by atoms with van der Waals surface area (Å²) in [6.07, 6.45) is 0.618. The molecule has 1 unspecified atom stereocenters. The summed E-state index contributed by atoms with van der Waals surface area (Å²) in [4.78, 5) is 0. The molecule has 1 N–H and O–H groups in total. The number of aliphatic hydroxyl groups is 1. The van der Waals surface area contributed by atoms with Crippen LogP contribution < -0.4 is 4.74 Å². The summed E-state index contributed by atoms with van der Waals surface area (Å²) in [5.74, 6) is 0.569. The van der Waals surface area contributed by atoms with Crippen LogP contribution in [0.4, 0.5) is 0 Å². The molecule has 2 nitrogen and oxygen atoms in total. The third-order valence-corrected chi connectivity index (χ3v) is 2.08. The van der Waals surface area contributed by atoms with Crippen molar-refractivity contribution in [1.82, 2.24) is 0 Å². The Hall–Kier alpha value is -0.990. The molecular formula is C10H11ClO2. The van der Waals surface area contributed by atoms with Crippen LogP contribution in [0, 0.1) is 0 Å². The topological polar surface area (TPSA) is 29.5 Å². The summed E-state index contributed by atoms with van der Waals surface area (Å²) >= 11 is 5.89. The second kappa shape index (κ2) is 4.30. The van der Waals surface area contributed by atoms with Crippen molar-refractivity contribution in [3.05, 3.63) is 41.4 Å². The normalized spacial score (nSPS) is 12.2. The number of hydrogen-bond acceptors (Lipinski definition) is 2. The number of aliphatic hydroxyl groups excluding tert-OH is 1. The van der Waals surface area contributed by atoms with Gasteiger partial charge in [0.25, 0.3) is 0 Å². The first kappa shape index (κ1) is 10.1. The largest absolute Gasteiger partial charge is 0.496 e. The predicted octanol–water partition coefficient (Wildman–Crippen LogP) is 2.57. The van der Waals surface area contributed by atoms with Crippen LogP contribution >= 0.6 is 11.6 Å². The van der Waals surface area contributed by atoms with Crippen LogP contribution in [0.25, 0.3) is 0 Å².